The normalized spacial score (nSPS) is 20.5. The molecule has 1 atom stereocenters. The molecule has 1 aliphatic heterocycles. The summed E-state index contributed by atoms with van der Waals surface area (Å²) in [5.41, 5.74) is 1.18. The number of hydrogen-bond acceptors (Lipinski definition) is 3. The highest BCUT2D eigenvalue weighted by Gasteiger charge is 2.15. The molecule has 0 amide bonds. The molecule has 1 saturated heterocycles. The Hall–Kier alpha value is -0.220. The van der Waals surface area contributed by atoms with Crippen LogP contribution in [0.5, 0.6) is 0 Å². The Kier molecular flexibility index (Phi) is 3.92. The van der Waals surface area contributed by atoms with E-state index in [-0.39, 0.29) is 0 Å². The van der Waals surface area contributed by atoms with E-state index < -0.39 is 0 Å². The Morgan fingerprint density at radius 2 is 2.53 bits per heavy atom. The van der Waals surface area contributed by atoms with Crippen LogP contribution >= 0.6 is 27.7 Å². The van der Waals surface area contributed by atoms with Gasteiger partial charge in [0.15, 0.2) is 0 Å². The van der Waals surface area contributed by atoms with Crippen LogP contribution < -0.4 is 5.32 Å². The number of nitrogens with one attached hydrogen (secondary N) is 1. The molecule has 1 aromatic rings. The van der Waals surface area contributed by atoms with Gasteiger partial charge in [0, 0.05) is 12.7 Å². The number of aromatic nitrogens is 1. The molecule has 15 heavy (non-hydrogen) atoms. The lowest BCUT2D eigenvalue weighted by atomic mass is 10.1. The molecule has 1 aliphatic rings. The van der Waals surface area contributed by atoms with Gasteiger partial charge in [-0.3, -0.25) is 0 Å². The zero-order chi connectivity index (χ0) is 10.7. The van der Waals surface area contributed by atoms with Crippen LogP contribution in [0, 0.1) is 12.8 Å². The predicted molar refractivity (Wildman–Crippen MR) is 70.6 cm³/mol. The molecule has 0 radical (unpaired) electrons. The van der Waals surface area contributed by atoms with Crippen LogP contribution in [0.1, 0.15) is 12.0 Å². The van der Waals surface area contributed by atoms with Crippen molar-refractivity contribution in [1.82, 2.24) is 4.98 Å². The van der Waals surface area contributed by atoms with Gasteiger partial charge in [-0.2, -0.15) is 11.8 Å². The van der Waals surface area contributed by atoms with Gasteiger partial charge in [0.05, 0.1) is 4.47 Å². The van der Waals surface area contributed by atoms with Crippen LogP contribution in [0.15, 0.2) is 16.7 Å². The van der Waals surface area contributed by atoms with E-state index >= 15 is 0 Å². The SMILES string of the molecule is Cc1cnc(NCC2CCSC2)c(Br)c1. The fourth-order valence-corrected chi connectivity index (χ4v) is 3.54. The zero-order valence-corrected chi connectivity index (χ0v) is 11.2. The van der Waals surface area contributed by atoms with Crippen molar-refractivity contribution in [2.75, 3.05) is 23.4 Å². The summed E-state index contributed by atoms with van der Waals surface area (Å²) >= 11 is 5.58. The topological polar surface area (TPSA) is 24.9 Å². The Balaban J connectivity index is 1.92. The van der Waals surface area contributed by atoms with Gasteiger partial charge in [0.2, 0.25) is 0 Å². The molecule has 1 aromatic heterocycles. The first-order chi connectivity index (χ1) is 7.25. The lowest BCUT2D eigenvalue weighted by Crippen LogP contribution is -2.14. The molecule has 1 N–H and O–H groups in total. The van der Waals surface area contributed by atoms with Gasteiger partial charge in [-0.15, -0.1) is 0 Å². The molecule has 4 heteroatoms. The lowest BCUT2D eigenvalue weighted by molar-refractivity contribution is 0.630. The first-order valence-electron chi connectivity index (χ1n) is 5.19. The van der Waals surface area contributed by atoms with Crippen molar-refractivity contribution in [3.8, 4) is 0 Å². The fourth-order valence-electron chi connectivity index (χ4n) is 1.65. The van der Waals surface area contributed by atoms with Gasteiger partial charge in [0.25, 0.3) is 0 Å². The maximum atomic E-state index is 4.37. The molecule has 0 aromatic carbocycles. The average Bonchev–Trinajstić information content (AvgIpc) is 2.69. The highest BCUT2D eigenvalue weighted by Crippen LogP contribution is 2.25. The van der Waals surface area contributed by atoms with Crippen LogP contribution in [-0.2, 0) is 0 Å². The Morgan fingerprint density at radius 1 is 1.67 bits per heavy atom. The maximum absolute atomic E-state index is 4.37. The third kappa shape index (κ3) is 3.11. The average molecular weight is 287 g/mol. The van der Waals surface area contributed by atoms with Crippen LogP contribution in [0.4, 0.5) is 5.82 Å². The van der Waals surface area contributed by atoms with E-state index in [2.05, 4.69) is 51.0 Å². The molecular formula is C11H15BrN2S. The lowest BCUT2D eigenvalue weighted by Gasteiger charge is -2.11. The number of thioether (sulfide) groups is 1. The van der Waals surface area contributed by atoms with Gasteiger partial charge in [-0.1, -0.05) is 0 Å². The quantitative estimate of drug-likeness (QED) is 0.923. The van der Waals surface area contributed by atoms with Crippen LogP contribution in [0.2, 0.25) is 0 Å². The predicted octanol–water partition coefficient (Wildman–Crippen LogP) is 3.32. The largest absolute Gasteiger partial charge is 0.369 e. The summed E-state index contributed by atoms with van der Waals surface area (Å²) in [5.74, 6) is 4.38. The number of hydrogen-bond donors (Lipinski definition) is 1. The second kappa shape index (κ2) is 5.21. The summed E-state index contributed by atoms with van der Waals surface area (Å²) in [5, 5.41) is 3.41. The van der Waals surface area contributed by atoms with Gasteiger partial charge >= 0.3 is 0 Å². The number of pyridine rings is 1. The van der Waals surface area contributed by atoms with Crippen molar-refractivity contribution in [2.24, 2.45) is 5.92 Å². The van der Waals surface area contributed by atoms with E-state index in [9.17, 15) is 0 Å². The smallest absolute Gasteiger partial charge is 0.140 e. The summed E-state index contributed by atoms with van der Waals surface area (Å²) < 4.78 is 1.06. The molecule has 1 fully saturated rings. The first-order valence-corrected chi connectivity index (χ1v) is 7.14. The molecule has 2 heterocycles. The molecule has 2 nitrogen and oxygen atoms in total. The number of anilines is 1. The number of halogens is 1. The molecule has 82 valence electrons. The van der Waals surface area contributed by atoms with Crippen LogP contribution in [0.25, 0.3) is 0 Å². The summed E-state index contributed by atoms with van der Waals surface area (Å²) in [6, 6.07) is 2.10. The Labute approximate surface area is 103 Å². The van der Waals surface area contributed by atoms with Crippen molar-refractivity contribution in [2.45, 2.75) is 13.3 Å². The van der Waals surface area contributed by atoms with E-state index in [1.807, 2.05) is 6.20 Å². The minimum atomic E-state index is 0.810. The van der Waals surface area contributed by atoms with Crippen molar-refractivity contribution in [1.29, 1.82) is 0 Å². The maximum Gasteiger partial charge on any atom is 0.140 e. The van der Waals surface area contributed by atoms with E-state index in [1.54, 1.807) is 0 Å². The van der Waals surface area contributed by atoms with Gasteiger partial charge in [-0.25, -0.2) is 4.98 Å². The summed E-state index contributed by atoms with van der Waals surface area (Å²) in [6.07, 6.45) is 3.23. The number of aryl methyl sites for hydroxylation is 1. The van der Waals surface area contributed by atoms with E-state index in [1.165, 1.54) is 23.5 Å². The standard InChI is InChI=1S/C11H15BrN2S/c1-8-4-10(12)11(13-5-8)14-6-9-2-3-15-7-9/h4-5,9H,2-3,6-7H2,1H3,(H,13,14). The fraction of sp³-hybridized carbons (Fsp3) is 0.545. The Bertz CT molecular complexity index is 337. The molecule has 0 saturated carbocycles. The second-order valence-corrected chi connectivity index (χ2v) is 5.96. The van der Waals surface area contributed by atoms with E-state index in [0.29, 0.717) is 0 Å². The van der Waals surface area contributed by atoms with Crippen molar-refractivity contribution < 1.29 is 0 Å². The zero-order valence-electron chi connectivity index (χ0n) is 8.79. The van der Waals surface area contributed by atoms with Crippen LogP contribution in [0.3, 0.4) is 0 Å². The summed E-state index contributed by atoms with van der Waals surface area (Å²) in [4.78, 5) is 4.37. The molecular weight excluding hydrogens is 272 g/mol. The molecule has 1 unspecified atom stereocenters. The number of rotatable bonds is 3. The minimum Gasteiger partial charge on any atom is -0.369 e. The van der Waals surface area contributed by atoms with Crippen molar-refractivity contribution in [3.05, 3.63) is 22.3 Å². The molecule has 2 rings (SSSR count). The third-order valence-corrected chi connectivity index (χ3v) is 4.40. The van der Waals surface area contributed by atoms with E-state index in [4.69, 9.17) is 0 Å². The second-order valence-electron chi connectivity index (χ2n) is 3.95. The molecule has 0 bridgehead atoms. The summed E-state index contributed by atoms with van der Waals surface area (Å²) in [7, 11) is 0. The minimum absolute atomic E-state index is 0.810. The highest BCUT2D eigenvalue weighted by molar-refractivity contribution is 9.10. The summed E-state index contributed by atoms with van der Waals surface area (Å²) in [6.45, 7) is 3.09. The van der Waals surface area contributed by atoms with Crippen molar-refractivity contribution >= 4 is 33.5 Å². The van der Waals surface area contributed by atoms with Gasteiger partial charge in [0.1, 0.15) is 5.82 Å². The van der Waals surface area contributed by atoms with Gasteiger partial charge in [-0.05, 0) is 58.3 Å². The van der Waals surface area contributed by atoms with Gasteiger partial charge < -0.3 is 5.32 Å². The monoisotopic (exact) mass is 286 g/mol. The van der Waals surface area contributed by atoms with E-state index in [0.717, 1.165) is 22.8 Å². The third-order valence-electron chi connectivity index (χ3n) is 2.56. The number of nitrogens with zero attached hydrogens (tertiary/aromatic N) is 1. The van der Waals surface area contributed by atoms with Crippen LogP contribution in [-0.4, -0.2) is 23.0 Å². The Morgan fingerprint density at radius 3 is 3.20 bits per heavy atom. The molecule has 0 spiro atoms. The first kappa shape index (κ1) is 11.3. The molecule has 0 aliphatic carbocycles. The van der Waals surface area contributed by atoms with Crippen molar-refractivity contribution in [3.63, 3.8) is 0 Å². The highest BCUT2D eigenvalue weighted by atomic mass is 79.9.